The van der Waals surface area contributed by atoms with E-state index in [1.165, 1.54) is 0 Å². The van der Waals surface area contributed by atoms with Gasteiger partial charge in [0, 0.05) is 17.8 Å². The lowest BCUT2D eigenvalue weighted by Crippen LogP contribution is -2.39. The molecule has 5 nitrogen and oxygen atoms in total. The molecule has 0 aliphatic carbocycles. The van der Waals surface area contributed by atoms with E-state index in [2.05, 4.69) is 34.1 Å². The highest BCUT2D eigenvalue weighted by Crippen LogP contribution is 2.32. The molecule has 26 heavy (non-hydrogen) atoms. The van der Waals surface area contributed by atoms with Crippen molar-refractivity contribution in [2.24, 2.45) is 5.92 Å². The van der Waals surface area contributed by atoms with E-state index < -0.39 is 5.97 Å². The zero-order valence-electron chi connectivity index (χ0n) is 14.5. The molecule has 4 rings (SSSR count). The van der Waals surface area contributed by atoms with Crippen LogP contribution in [0.15, 0.2) is 60.9 Å². The molecule has 0 amide bonds. The molecule has 1 unspecified atom stereocenters. The SMILES string of the molecule is O=C(O)C1CCN(C(c2cccnc2)c2ccc3ccccc3n2)CC1. The summed E-state index contributed by atoms with van der Waals surface area (Å²) in [6.45, 7) is 1.48. The number of carboxylic acid groups (broad SMARTS) is 1. The van der Waals surface area contributed by atoms with Gasteiger partial charge in [-0.3, -0.25) is 19.7 Å². The number of rotatable bonds is 4. The summed E-state index contributed by atoms with van der Waals surface area (Å²) < 4.78 is 0. The Kier molecular flexibility index (Phi) is 4.63. The van der Waals surface area contributed by atoms with Crippen LogP contribution < -0.4 is 0 Å². The Morgan fingerprint density at radius 1 is 1.08 bits per heavy atom. The maximum absolute atomic E-state index is 11.3. The van der Waals surface area contributed by atoms with Crippen molar-refractivity contribution in [2.75, 3.05) is 13.1 Å². The molecular formula is C21H21N3O2. The molecule has 1 aromatic carbocycles. The van der Waals surface area contributed by atoms with E-state index in [-0.39, 0.29) is 12.0 Å². The number of hydrogen-bond acceptors (Lipinski definition) is 4. The molecule has 132 valence electrons. The third kappa shape index (κ3) is 3.30. The van der Waals surface area contributed by atoms with Crippen LogP contribution in [-0.2, 0) is 4.79 Å². The number of carboxylic acids is 1. The van der Waals surface area contributed by atoms with Crippen molar-refractivity contribution in [1.29, 1.82) is 0 Å². The van der Waals surface area contributed by atoms with E-state index in [9.17, 15) is 9.90 Å². The number of pyridine rings is 2. The number of para-hydroxylation sites is 1. The van der Waals surface area contributed by atoms with Crippen molar-refractivity contribution in [3.05, 3.63) is 72.2 Å². The second kappa shape index (κ2) is 7.22. The lowest BCUT2D eigenvalue weighted by Gasteiger charge is -2.36. The van der Waals surface area contributed by atoms with Crippen molar-refractivity contribution in [3.8, 4) is 0 Å². The summed E-state index contributed by atoms with van der Waals surface area (Å²) in [7, 11) is 0. The number of fused-ring (bicyclic) bond motifs is 1. The number of likely N-dealkylation sites (tertiary alicyclic amines) is 1. The minimum Gasteiger partial charge on any atom is -0.481 e. The number of carbonyl (C=O) groups is 1. The zero-order chi connectivity index (χ0) is 17.9. The van der Waals surface area contributed by atoms with Gasteiger partial charge in [0.15, 0.2) is 0 Å². The van der Waals surface area contributed by atoms with Crippen molar-refractivity contribution in [3.63, 3.8) is 0 Å². The zero-order valence-corrected chi connectivity index (χ0v) is 14.5. The quantitative estimate of drug-likeness (QED) is 0.782. The average Bonchev–Trinajstić information content (AvgIpc) is 2.69. The molecule has 0 bridgehead atoms. The molecule has 1 aliphatic heterocycles. The fourth-order valence-corrected chi connectivity index (χ4v) is 3.75. The van der Waals surface area contributed by atoms with E-state index in [1.807, 2.05) is 30.5 Å². The first-order valence-electron chi connectivity index (χ1n) is 8.95. The Morgan fingerprint density at radius 2 is 1.88 bits per heavy atom. The molecule has 1 aliphatic rings. The fourth-order valence-electron chi connectivity index (χ4n) is 3.75. The summed E-state index contributed by atoms with van der Waals surface area (Å²) in [5.41, 5.74) is 3.04. The smallest absolute Gasteiger partial charge is 0.306 e. The molecule has 1 saturated heterocycles. The molecule has 1 atom stereocenters. The topological polar surface area (TPSA) is 66.3 Å². The van der Waals surface area contributed by atoms with E-state index in [0.717, 1.165) is 35.2 Å². The second-order valence-electron chi connectivity index (χ2n) is 6.77. The van der Waals surface area contributed by atoms with Gasteiger partial charge in [0.25, 0.3) is 0 Å². The van der Waals surface area contributed by atoms with E-state index >= 15 is 0 Å². The van der Waals surface area contributed by atoms with Crippen LogP contribution in [0.3, 0.4) is 0 Å². The first-order chi connectivity index (χ1) is 12.7. The molecule has 0 spiro atoms. The molecule has 3 aromatic rings. The molecular weight excluding hydrogens is 326 g/mol. The Hall–Kier alpha value is -2.79. The van der Waals surface area contributed by atoms with Crippen LogP contribution in [0.4, 0.5) is 0 Å². The van der Waals surface area contributed by atoms with Crippen molar-refractivity contribution >= 4 is 16.9 Å². The van der Waals surface area contributed by atoms with Gasteiger partial charge >= 0.3 is 5.97 Å². The van der Waals surface area contributed by atoms with Crippen LogP contribution >= 0.6 is 0 Å². The predicted molar refractivity (Wildman–Crippen MR) is 99.8 cm³/mol. The molecule has 3 heterocycles. The minimum absolute atomic E-state index is 0.0111. The lowest BCUT2D eigenvalue weighted by molar-refractivity contribution is -0.143. The lowest BCUT2D eigenvalue weighted by atomic mass is 9.93. The highest BCUT2D eigenvalue weighted by Gasteiger charge is 2.31. The number of aromatic nitrogens is 2. The van der Waals surface area contributed by atoms with Gasteiger partial charge < -0.3 is 5.11 Å². The van der Waals surface area contributed by atoms with Gasteiger partial charge in [0.05, 0.1) is 23.2 Å². The fraction of sp³-hybridized carbons (Fsp3) is 0.286. The Bertz CT molecular complexity index is 905. The molecule has 5 heteroatoms. The van der Waals surface area contributed by atoms with E-state index in [1.54, 1.807) is 6.20 Å². The van der Waals surface area contributed by atoms with Crippen LogP contribution in [0, 0.1) is 5.92 Å². The molecule has 0 saturated carbocycles. The van der Waals surface area contributed by atoms with Gasteiger partial charge in [0.1, 0.15) is 0 Å². The number of hydrogen-bond donors (Lipinski definition) is 1. The summed E-state index contributed by atoms with van der Waals surface area (Å²) in [4.78, 5) is 22.8. The van der Waals surface area contributed by atoms with E-state index in [4.69, 9.17) is 4.98 Å². The van der Waals surface area contributed by atoms with Crippen LogP contribution in [0.1, 0.15) is 30.1 Å². The van der Waals surface area contributed by atoms with Gasteiger partial charge in [-0.25, -0.2) is 0 Å². The summed E-state index contributed by atoms with van der Waals surface area (Å²) in [6, 6.07) is 16.3. The van der Waals surface area contributed by atoms with Gasteiger partial charge in [-0.05, 0) is 49.7 Å². The van der Waals surface area contributed by atoms with Crippen LogP contribution in [0.2, 0.25) is 0 Å². The van der Waals surface area contributed by atoms with Crippen molar-refractivity contribution < 1.29 is 9.90 Å². The van der Waals surface area contributed by atoms with Crippen LogP contribution in [0.25, 0.3) is 10.9 Å². The standard InChI is InChI=1S/C21H21N3O2/c25-21(26)16-9-12-24(13-10-16)20(17-5-3-11-22-14-17)19-8-7-15-4-1-2-6-18(15)23-19/h1-8,11,14,16,20H,9-10,12-13H2,(H,25,26). The number of piperidine rings is 1. The number of aliphatic carboxylic acids is 1. The molecule has 1 fully saturated rings. The summed E-state index contributed by atoms with van der Waals surface area (Å²) in [5, 5.41) is 10.4. The molecule has 2 aromatic heterocycles. The first-order valence-corrected chi connectivity index (χ1v) is 8.95. The van der Waals surface area contributed by atoms with E-state index in [0.29, 0.717) is 12.8 Å². The Morgan fingerprint density at radius 3 is 2.62 bits per heavy atom. The maximum atomic E-state index is 11.3. The highest BCUT2D eigenvalue weighted by molar-refractivity contribution is 5.78. The number of benzene rings is 1. The normalized spacial score (nSPS) is 17.2. The second-order valence-corrected chi connectivity index (χ2v) is 6.77. The van der Waals surface area contributed by atoms with Gasteiger partial charge in [0.2, 0.25) is 0 Å². The summed E-state index contributed by atoms with van der Waals surface area (Å²) >= 11 is 0. The average molecular weight is 347 g/mol. The Balaban J connectivity index is 1.70. The Labute approximate surface area is 152 Å². The third-order valence-electron chi connectivity index (χ3n) is 5.14. The summed E-state index contributed by atoms with van der Waals surface area (Å²) in [5.74, 6) is -0.934. The maximum Gasteiger partial charge on any atom is 0.306 e. The van der Waals surface area contributed by atoms with Gasteiger partial charge in [-0.1, -0.05) is 30.3 Å². The van der Waals surface area contributed by atoms with Crippen LogP contribution in [0.5, 0.6) is 0 Å². The van der Waals surface area contributed by atoms with Crippen LogP contribution in [-0.4, -0.2) is 39.0 Å². The monoisotopic (exact) mass is 347 g/mol. The molecule has 0 radical (unpaired) electrons. The van der Waals surface area contributed by atoms with Gasteiger partial charge in [-0.15, -0.1) is 0 Å². The largest absolute Gasteiger partial charge is 0.481 e. The minimum atomic E-state index is -0.689. The third-order valence-corrected chi connectivity index (χ3v) is 5.14. The first kappa shape index (κ1) is 16.7. The summed E-state index contributed by atoms with van der Waals surface area (Å²) in [6.07, 6.45) is 4.98. The predicted octanol–water partition coefficient (Wildman–Crippen LogP) is 3.52. The van der Waals surface area contributed by atoms with Gasteiger partial charge in [-0.2, -0.15) is 0 Å². The molecule has 1 N–H and O–H groups in total. The van der Waals surface area contributed by atoms with Crippen molar-refractivity contribution in [1.82, 2.24) is 14.9 Å². The van der Waals surface area contributed by atoms with Crippen molar-refractivity contribution in [2.45, 2.75) is 18.9 Å². The number of nitrogens with zero attached hydrogens (tertiary/aromatic N) is 3. The highest BCUT2D eigenvalue weighted by atomic mass is 16.4.